The molecule has 1 saturated heterocycles. The predicted molar refractivity (Wildman–Crippen MR) is 74.7 cm³/mol. The number of nitrogens with zero attached hydrogens (tertiary/aromatic N) is 1. The van der Waals surface area contributed by atoms with Gasteiger partial charge < -0.3 is 10.4 Å². The second kappa shape index (κ2) is 6.21. The van der Waals surface area contributed by atoms with Crippen molar-refractivity contribution in [2.24, 2.45) is 5.92 Å². The quantitative estimate of drug-likeness (QED) is 0.859. The highest BCUT2D eigenvalue weighted by molar-refractivity contribution is 5.28. The Morgan fingerprint density at radius 3 is 2.39 bits per heavy atom. The number of phenolic OH excluding ortho intramolecular Hbond substituents is 1. The van der Waals surface area contributed by atoms with Gasteiger partial charge in [0, 0.05) is 32.2 Å². The first-order chi connectivity index (χ1) is 8.72. The standard InChI is InChI=1S/C15H24N2O/c1-3-12(2)15(17-10-8-16-9-11-17)13-4-6-14(18)7-5-13/h4-7,12,15-16,18H,3,8-11H2,1-2H3/t12?,15-/m0/s1. The molecule has 1 aromatic carbocycles. The van der Waals surface area contributed by atoms with Crippen LogP contribution in [0.2, 0.25) is 0 Å². The van der Waals surface area contributed by atoms with E-state index in [9.17, 15) is 5.11 Å². The molecular weight excluding hydrogens is 224 g/mol. The molecule has 0 saturated carbocycles. The van der Waals surface area contributed by atoms with Crippen LogP contribution in [0, 0.1) is 5.92 Å². The summed E-state index contributed by atoms with van der Waals surface area (Å²) in [4.78, 5) is 2.57. The summed E-state index contributed by atoms with van der Waals surface area (Å²) in [6.45, 7) is 8.93. The van der Waals surface area contributed by atoms with Crippen LogP contribution in [0.25, 0.3) is 0 Å². The van der Waals surface area contributed by atoms with E-state index in [1.54, 1.807) is 12.1 Å². The molecule has 2 atom stereocenters. The monoisotopic (exact) mass is 248 g/mol. The molecule has 2 rings (SSSR count). The van der Waals surface area contributed by atoms with E-state index in [4.69, 9.17) is 0 Å². The van der Waals surface area contributed by atoms with Gasteiger partial charge in [0.05, 0.1) is 0 Å². The number of piperazine rings is 1. The van der Waals surface area contributed by atoms with E-state index in [1.165, 1.54) is 12.0 Å². The second-order valence-electron chi connectivity index (χ2n) is 5.21. The molecule has 1 unspecified atom stereocenters. The molecule has 18 heavy (non-hydrogen) atoms. The van der Waals surface area contributed by atoms with Gasteiger partial charge in [-0.3, -0.25) is 4.90 Å². The SMILES string of the molecule is CCC(C)[C@@H](c1ccc(O)cc1)N1CCNCC1. The summed E-state index contributed by atoms with van der Waals surface area (Å²) in [5.74, 6) is 0.981. The van der Waals surface area contributed by atoms with Gasteiger partial charge in [-0.05, 0) is 23.6 Å². The minimum atomic E-state index is 0.349. The van der Waals surface area contributed by atoms with Crippen LogP contribution in [-0.4, -0.2) is 36.2 Å². The Morgan fingerprint density at radius 2 is 1.83 bits per heavy atom. The van der Waals surface area contributed by atoms with E-state index in [-0.39, 0.29) is 0 Å². The zero-order valence-electron chi connectivity index (χ0n) is 11.4. The summed E-state index contributed by atoms with van der Waals surface area (Å²) < 4.78 is 0. The van der Waals surface area contributed by atoms with Crippen molar-refractivity contribution in [3.05, 3.63) is 29.8 Å². The molecule has 0 amide bonds. The minimum absolute atomic E-state index is 0.349. The van der Waals surface area contributed by atoms with E-state index in [0.29, 0.717) is 17.7 Å². The van der Waals surface area contributed by atoms with Crippen LogP contribution < -0.4 is 5.32 Å². The van der Waals surface area contributed by atoms with Gasteiger partial charge in [0.2, 0.25) is 0 Å². The zero-order chi connectivity index (χ0) is 13.0. The van der Waals surface area contributed by atoms with Gasteiger partial charge >= 0.3 is 0 Å². The molecule has 0 radical (unpaired) electrons. The maximum absolute atomic E-state index is 9.42. The first-order valence-electron chi connectivity index (χ1n) is 6.96. The van der Waals surface area contributed by atoms with Crippen LogP contribution in [0.5, 0.6) is 5.75 Å². The fourth-order valence-corrected chi connectivity index (χ4v) is 2.75. The van der Waals surface area contributed by atoms with Crippen molar-refractivity contribution in [3.63, 3.8) is 0 Å². The van der Waals surface area contributed by atoms with Crippen LogP contribution in [0.4, 0.5) is 0 Å². The second-order valence-corrected chi connectivity index (χ2v) is 5.21. The number of rotatable bonds is 4. The highest BCUT2D eigenvalue weighted by Gasteiger charge is 2.26. The van der Waals surface area contributed by atoms with Crippen LogP contribution in [-0.2, 0) is 0 Å². The highest BCUT2D eigenvalue weighted by atomic mass is 16.3. The first-order valence-corrected chi connectivity index (χ1v) is 6.96. The van der Waals surface area contributed by atoms with Gasteiger partial charge in [0.25, 0.3) is 0 Å². The molecule has 3 nitrogen and oxygen atoms in total. The average Bonchev–Trinajstić information content (AvgIpc) is 2.42. The number of hydrogen-bond donors (Lipinski definition) is 2. The van der Waals surface area contributed by atoms with Gasteiger partial charge in [-0.15, -0.1) is 0 Å². The molecule has 0 spiro atoms. The number of nitrogens with one attached hydrogen (secondary N) is 1. The lowest BCUT2D eigenvalue weighted by Gasteiger charge is -2.38. The molecule has 1 aromatic rings. The Labute approximate surface area is 110 Å². The number of phenols is 1. The predicted octanol–water partition coefficient (Wildman–Crippen LogP) is 2.38. The Kier molecular flexibility index (Phi) is 4.61. The van der Waals surface area contributed by atoms with Gasteiger partial charge in [-0.25, -0.2) is 0 Å². The lowest BCUT2D eigenvalue weighted by atomic mass is 9.90. The van der Waals surface area contributed by atoms with Crippen molar-refractivity contribution < 1.29 is 5.11 Å². The molecule has 0 bridgehead atoms. The van der Waals surface area contributed by atoms with Gasteiger partial charge in [0.1, 0.15) is 5.75 Å². The van der Waals surface area contributed by atoms with E-state index < -0.39 is 0 Å². The maximum Gasteiger partial charge on any atom is 0.115 e. The summed E-state index contributed by atoms with van der Waals surface area (Å²) in [6.07, 6.45) is 1.18. The lowest BCUT2D eigenvalue weighted by molar-refractivity contribution is 0.128. The zero-order valence-corrected chi connectivity index (χ0v) is 11.4. The summed E-state index contributed by atoms with van der Waals surface area (Å²) in [6, 6.07) is 8.19. The fraction of sp³-hybridized carbons (Fsp3) is 0.600. The van der Waals surface area contributed by atoms with Crippen LogP contribution >= 0.6 is 0 Å². The van der Waals surface area contributed by atoms with Gasteiger partial charge in [-0.2, -0.15) is 0 Å². The molecule has 100 valence electrons. The van der Waals surface area contributed by atoms with E-state index in [0.717, 1.165) is 26.2 Å². The maximum atomic E-state index is 9.42. The molecule has 2 N–H and O–H groups in total. The normalized spacial score (nSPS) is 20.6. The topological polar surface area (TPSA) is 35.5 Å². The molecule has 0 aromatic heterocycles. The molecule has 1 aliphatic rings. The number of aromatic hydroxyl groups is 1. The van der Waals surface area contributed by atoms with E-state index in [2.05, 4.69) is 36.2 Å². The summed E-state index contributed by atoms with van der Waals surface area (Å²) >= 11 is 0. The third kappa shape index (κ3) is 3.03. The van der Waals surface area contributed by atoms with Crippen LogP contribution in [0.3, 0.4) is 0 Å². The van der Waals surface area contributed by atoms with Crippen molar-refractivity contribution in [1.82, 2.24) is 10.2 Å². The third-order valence-corrected chi connectivity index (χ3v) is 3.96. The van der Waals surface area contributed by atoms with Crippen molar-refractivity contribution in [2.75, 3.05) is 26.2 Å². The fourth-order valence-electron chi connectivity index (χ4n) is 2.75. The van der Waals surface area contributed by atoms with Crippen LogP contribution in [0.1, 0.15) is 31.9 Å². The Bertz CT molecular complexity index is 357. The van der Waals surface area contributed by atoms with Crippen molar-refractivity contribution >= 4 is 0 Å². The molecule has 3 heteroatoms. The van der Waals surface area contributed by atoms with Crippen molar-refractivity contribution in [1.29, 1.82) is 0 Å². The van der Waals surface area contributed by atoms with Gasteiger partial charge in [0.15, 0.2) is 0 Å². The largest absolute Gasteiger partial charge is 0.508 e. The smallest absolute Gasteiger partial charge is 0.115 e. The summed E-state index contributed by atoms with van der Waals surface area (Å²) in [7, 11) is 0. The Hall–Kier alpha value is -1.06. The van der Waals surface area contributed by atoms with Crippen LogP contribution in [0.15, 0.2) is 24.3 Å². The number of hydrogen-bond acceptors (Lipinski definition) is 3. The third-order valence-electron chi connectivity index (χ3n) is 3.96. The Balaban J connectivity index is 2.20. The van der Waals surface area contributed by atoms with Crippen molar-refractivity contribution in [2.45, 2.75) is 26.3 Å². The average molecular weight is 248 g/mol. The van der Waals surface area contributed by atoms with Crippen molar-refractivity contribution in [3.8, 4) is 5.75 Å². The molecule has 1 aliphatic heterocycles. The van der Waals surface area contributed by atoms with Gasteiger partial charge in [-0.1, -0.05) is 32.4 Å². The lowest BCUT2D eigenvalue weighted by Crippen LogP contribution is -2.46. The van der Waals surface area contributed by atoms with E-state index in [1.807, 2.05) is 0 Å². The number of benzene rings is 1. The Morgan fingerprint density at radius 1 is 1.22 bits per heavy atom. The minimum Gasteiger partial charge on any atom is -0.508 e. The summed E-state index contributed by atoms with van der Waals surface area (Å²) in [5, 5.41) is 12.8. The highest BCUT2D eigenvalue weighted by Crippen LogP contribution is 2.31. The first kappa shape index (κ1) is 13.4. The molecular formula is C15H24N2O. The summed E-state index contributed by atoms with van der Waals surface area (Å²) in [5.41, 5.74) is 1.32. The molecule has 1 fully saturated rings. The molecule has 1 heterocycles. The molecule has 0 aliphatic carbocycles. The van der Waals surface area contributed by atoms with E-state index >= 15 is 0 Å².